The number of aliphatic hydroxyl groups excluding tert-OH is 1. The summed E-state index contributed by atoms with van der Waals surface area (Å²) < 4.78 is 64.9. The molecule has 28 heavy (non-hydrogen) atoms. The van der Waals surface area contributed by atoms with Crippen LogP contribution in [-0.2, 0) is 16.2 Å². The molecule has 2 N–H and O–H groups in total. The number of hydrogen-bond acceptors (Lipinski definition) is 3. The molecule has 1 fully saturated rings. The Morgan fingerprint density at radius 3 is 2.29 bits per heavy atom. The zero-order chi connectivity index (χ0) is 20.6. The van der Waals surface area contributed by atoms with Crippen molar-refractivity contribution in [2.45, 2.75) is 54.1 Å². The van der Waals surface area contributed by atoms with Gasteiger partial charge in [0.15, 0.2) is 4.21 Å². The molecule has 0 radical (unpaired) electrons. The molecule has 1 aromatic carbocycles. The van der Waals surface area contributed by atoms with Crippen LogP contribution in [0.1, 0.15) is 42.7 Å². The lowest BCUT2D eigenvalue weighted by atomic mass is 9.93. The second-order valence-corrected chi connectivity index (χ2v) is 9.96. The Labute approximate surface area is 167 Å². The summed E-state index contributed by atoms with van der Waals surface area (Å²) in [4.78, 5) is 0. The van der Waals surface area contributed by atoms with Crippen molar-refractivity contribution in [2.24, 2.45) is 0 Å². The minimum Gasteiger partial charge on any atom is -0.393 e. The summed E-state index contributed by atoms with van der Waals surface area (Å²) in [5.74, 6) is -0.505. The van der Waals surface area contributed by atoms with Crippen molar-refractivity contribution in [1.29, 1.82) is 0 Å². The highest BCUT2D eigenvalue weighted by molar-refractivity contribution is 7.92. The summed E-state index contributed by atoms with van der Waals surface area (Å²) >= 11 is 6.32. The number of halogens is 4. The average Bonchev–Trinajstić information content (AvgIpc) is 2.63. The molecule has 9 heteroatoms. The molecule has 0 aromatic heterocycles. The van der Waals surface area contributed by atoms with Crippen molar-refractivity contribution < 1.29 is 26.7 Å². The smallest absolute Gasteiger partial charge is 0.393 e. The maximum Gasteiger partial charge on any atom is 0.416 e. The van der Waals surface area contributed by atoms with Gasteiger partial charge in [0.05, 0.1) is 11.7 Å². The van der Waals surface area contributed by atoms with Crippen LogP contribution in [0.25, 0.3) is 0 Å². The Hall–Kier alpha value is -1.35. The Balaban J connectivity index is 1.74. The van der Waals surface area contributed by atoms with Gasteiger partial charge in [-0.15, -0.1) is 0 Å². The van der Waals surface area contributed by atoms with Gasteiger partial charge in [0.25, 0.3) is 0 Å². The molecule has 0 amide bonds. The first-order valence-electron chi connectivity index (χ1n) is 8.95. The van der Waals surface area contributed by atoms with Crippen LogP contribution in [0.15, 0.2) is 48.6 Å². The molecule has 3 rings (SSSR count). The van der Waals surface area contributed by atoms with E-state index in [1.165, 1.54) is 30.4 Å². The minimum atomic E-state index is -4.45. The highest BCUT2D eigenvalue weighted by Crippen LogP contribution is 2.37. The van der Waals surface area contributed by atoms with Crippen LogP contribution >= 0.6 is 11.6 Å². The number of allylic oxidation sites excluding steroid dienone is 2. The fourth-order valence-corrected chi connectivity index (χ4v) is 5.07. The molecule has 2 aliphatic carbocycles. The van der Waals surface area contributed by atoms with Gasteiger partial charge in [0.2, 0.25) is 10.0 Å². The zero-order valence-corrected chi connectivity index (χ0v) is 16.4. The molecule has 1 saturated carbocycles. The monoisotopic (exact) mass is 435 g/mol. The molecule has 2 aliphatic rings. The molecule has 0 spiro atoms. The SMILES string of the molecule is O=S(=O)(N[C@H]1CC[C@H](O)CC1)C1(Cl)C=CC(c2cccc(C(F)(F)F)c2)C=C1. The van der Waals surface area contributed by atoms with Gasteiger partial charge in [-0.2, -0.15) is 13.2 Å². The van der Waals surface area contributed by atoms with Gasteiger partial charge in [0, 0.05) is 12.0 Å². The van der Waals surface area contributed by atoms with E-state index in [0.29, 0.717) is 31.2 Å². The Morgan fingerprint density at radius 1 is 1.11 bits per heavy atom. The van der Waals surface area contributed by atoms with Gasteiger partial charge in [0.1, 0.15) is 0 Å². The lowest BCUT2D eigenvalue weighted by molar-refractivity contribution is -0.137. The highest BCUT2D eigenvalue weighted by atomic mass is 35.5. The van der Waals surface area contributed by atoms with E-state index in [0.717, 1.165) is 12.1 Å². The summed E-state index contributed by atoms with van der Waals surface area (Å²) in [7, 11) is -3.96. The standard InChI is InChI=1S/C19H21ClF3NO3S/c20-18(28(26,27)24-16-4-6-17(25)7-5-16)10-8-13(9-11-18)14-2-1-3-15(12-14)19(21,22)23/h1-3,8-13,16-17,24-25H,4-7H2/t13?,16-,17-,18?. The van der Waals surface area contributed by atoms with E-state index in [1.807, 2.05) is 0 Å². The van der Waals surface area contributed by atoms with Crippen LogP contribution in [0.3, 0.4) is 0 Å². The van der Waals surface area contributed by atoms with Crippen LogP contribution in [0.5, 0.6) is 0 Å². The summed E-state index contributed by atoms with van der Waals surface area (Å²) in [6, 6.07) is 4.60. The first-order chi connectivity index (χ1) is 13.0. The third kappa shape index (κ3) is 4.62. The van der Waals surface area contributed by atoms with Crippen LogP contribution in [-0.4, -0.2) is 29.9 Å². The minimum absolute atomic E-state index is 0.299. The van der Waals surface area contributed by atoms with E-state index in [-0.39, 0.29) is 6.04 Å². The Kier molecular flexibility index (Phi) is 5.96. The summed E-state index contributed by atoms with van der Waals surface area (Å²) in [5.41, 5.74) is -0.365. The highest BCUT2D eigenvalue weighted by Gasteiger charge is 2.41. The van der Waals surface area contributed by atoms with E-state index in [1.54, 1.807) is 6.07 Å². The molecular weight excluding hydrogens is 415 g/mol. The molecule has 0 atom stereocenters. The normalized spacial score (nSPS) is 31.1. The van der Waals surface area contributed by atoms with E-state index in [2.05, 4.69) is 4.72 Å². The molecule has 154 valence electrons. The lowest BCUT2D eigenvalue weighted by Crippen LogP contribution is -2.46. The van der Waals surface area contributed by atoms with Gasteiger partial charge in [-0.05, 0) is 49.5 Å². The summed E-state index contributed by atoms with van der Waals surface area (Å²) in [6.45, 7) is 0. The quantitative estimate of drug-likeness (QED) is 0.553. The fraction of sp³-hybridized carbons (Fsp3) is 0.474. The van der Waals surface area contributed by atoms with Crippen molar-refractivity contribution >= 4 is 21.6 Å². The number of benzene rings is 1. The zero-order valence-electron chi connectivity index (χ0n) is 14.9. The molecule has 0 bridgehead atoms. The first-order valence-corrected chi connectivity index (χ1v) is 10.8. The van der Waals surface area contributed by atoms with Gasteiger partial charge >= 0.3 is 6.18 Å². The van der Waals surface area contributed by atoms with Crippen LogP contribution in [0.4, 0.5) is 13.2 Å². The molecule has 0 aliphatic heterocycles. The van der Waals surface area contributed by atoms with Crippen LogP contribution < -0.4 is 4.72 Å². The predicted molar refractivity (Wildman–Crippen MR) is 101 cm³/mol. The van der Waals surface area contributed by atoms with Gasteiger partial charge < -0.3 is 5.11 Å². The van der Waals surface area contributed by atoms with Crippen LogP contribution in [0.2, 0.25) is 0 Å². The number of aliphatic hydroxyl groups is 1. The number of rotatable bonds is 4. The summed E-state index contributed by atoms with van der Waals surface area (Å²) in [5, 5.41) is 9.54. The van der Waals surface area contributed by atoms with E-state index in [9.17, 15) is 26.7 Å². The van der Waals surface area contributed by atoms with Crippen molar-refractivity contribution in [3.05, 3.63) is 59.7 Å². The second-order valence-electron chi connectivity index (χ2n) is 7.19. The number of sulfonamides is 1. The van der Waals surface area contributed by atoms with Gasteiger partial charge in [-0.1, -0.05) is 42.0 Å². The largest absolute Gasteiger partial charge is 0.416 e. The van der Waals surface area contributed by atoms with Crippen molar-refractivity contribution in [3.8, 4) is 0 Å². The Morgan fingerprint density at radius 2 is 1.71 bits per heavy atom. The van der Waals surface area contributed by atoms with Gasteiger partial charge in [-0.3, -0.25) is 0 Å². The topological polar surface area (TPSA) is 66.4 Å². The number of nitrogens with one attached hydrogen (secondary N) is 1. The number of alkyl halides is 4. The lowest BCUT2D eigenvalue weighted by Gasteiger charge is -2.30. The molecule has 0 saturated heterocycles. The summed E-state index contributed by atoms with van der Waals surface area (Å²) in [6.07, 6.45) is 2.79. The second kappa shape index (κ2) is 7.82. The third-order valence-corrected chi connectivity index (χ3v) is 7.69. The Bertz CT molecular complexity index is 861. The maximum atomic E-state index is 12.9. The van der Waals surface area contributed by atoms with E-state index >= 15 is 0 Å². The molecule has 0 heterocycles. The van der Waals surface area contributed by atoms with E-state index in [4.69, 9.17) is 11.6 Å². The van der Waals surface area contributed by atoms with Crippen molar-refractivity contribution in [2.75, 3.05) is 0 Å². The third-order valence-electron chi connectivity index (χ3n) is 5.09. The predicted octanol–water partition coefficient (Wildman–Crippen LogP) is 4.07. The van der Waals surface area contributed by atoms with Crippen molar-refractivity contribution in [3.63, 3.8) is 0 Å². The maximum absolute atomic E-state index is 12.9. The van der Waals surface area contributed by atoms with Gasteiger partial charge in [-0.25, -0.2) is 13.1 Å². The van der Waals surface area contributed by atoms with Crippen molar-refractivity contribution in [1.82, 2.24) is 4.72 Å². The average molecular weight is 436 g/mol. The molecule has 0 unspecified atom stereocenters. The molecule has 4 nitrogen and oxygen atoms in total. The fourth-order valence-electron chi connectivity index (χ4n) is 3.42. The molecule has 1 aromatic rings. The molecular formula is C19H21ClF3NO3S. The number of hydrogen-bond donors (Lipinski definition) is 2. The van der Waals surface area contributed by atoms with Crippen LogP contribution in [0, 0.1) is 0 Å². The van der Waals surface area contributed by atoms with E-state index < -0.39 is 38.0 Å². The first kappa shape index (κ1) is 21.4.